The highest BCUT2D eigenvalue weighted by atomic mass is 32.2. The van der Waals surface area contributed by atoms with Crippen molar-refractivity contribution in [1.82, 2.24) is 8.87 Å². The summed E-state index contributed by atoms with van der Waals surface area (Å²) in [5.74, 6) is -0.417. The first-order chi connectivity index (χ1) is 12.5. The number of pyridine rings is 1. The van der Waals surface area contributed by atoms with Crippen LogP contribution in [0.4, 0.5) is 5.69 Å². The van der Waals surface area contributed by atoms with E-state index in [-0.39, 0.29) is 24.5 Å². The molecule has 3 rings (SSSR count). The zero-order chi connectivity index (χ0) is 18.6. The number of carbonyl (C=O) groups is 1. The summed E-state index contributed by atoms with van der Waals surface area (Å²) in [6.07, 6.45) is 1.21. The van der Waals surface area contributed by atoms with Gasteiger partial charge in [-0.25, -0.2) is 8.42 Å². The van der Waals surface area contributed by atoms with E-state index in [4.69, 9.17) is 4.74 Å². The second-order valence-corrected chi connectivity index (χ2v) is 7.70. The number of benzene rings is 1. The molecule has 2 aromatic rings. The molecule has 1 amide bonds. The van der Waals surface area contributed by atoms with Crippen molar-refractivity contribution in [1.29, 1.82) is 0 Å². The molecule has 1 N–H and O–H groups in total. The molecule has 0 aliphatic carbocycles. The molecule has 0 saturated carbocycles. The van der Waals surface area contributed by atoms with Crippen LogP contribution in [0.25, 0.3) is 0 Å². The Balaban J connectivity index is 1.79. The van der Waals surface area contributed by atoms with Gasteiger partial charge in [-0.15, -0.1) is 0 Å². The van der Waals surface area contributed by atoms with E-state index in [0.717, 1.165) is 10.6 Å². The van der Waals surface area contributed by atoms with E-state index in [9.17, 15) is 18.0 Å². The molecule has 1 aromatic heterocycles. The van der Waals surface area contributed by atoms with Crippen LogP contribution in [0.15, 0.2) is 58.4 Å². The smallest absolute Gasteiger partial charge is 0.251 e. The number of sulfonamides is 1. The Kier molecular flexibility index (Phi) is 5.50. The Morgan fingerprint density at radius 2 is 1.77 bits per heavy atom. The van der Waals surface area contributed by atoms with Crippen LogP contribution in [0.1, 0.15) is 0 Å². The number of nitrogens with zero attached hydrogens (tertiary/aromatic N) is 2. The van der Waals surface area contributed by atoms with Crippen molar-refractivity contribution in [2.24, 2.45) is 0 Å². The van der Waals surface area contributed by atoms with Crippen LogP contribution in [0, 0.1) is 0 Å². The van der Waals surface area contributed by atoms with Gasteiger partial charge in [-0.05, 0) is 18.2 Å². The number of morpholine rings is 1. The van der Waals surface area contributed by atoms with Crippen LogP contribution in [0.3, 0.4) is 0 Å². The lowest BCUT2D eigenvalue weighted by Gasteiger charge is -2.26. The van der Waals surface area contributed by atoms with Gasteiger partial charge in [0.15, 0.2) is 0 Å². The summed E-state index contributed by atoms with van der Waals surface area (Å²) in [4.78, 5) is 24.1. The van der Waals surface area contributed by atoms with E-state index < -0.39 is 21.5 Å². The van der Waals surface area contributed by atoms with Crippen LogP contribution >= 0.6 is 0 Å². The van der Waals surface area contributed by atoms with Crippen LogP contribution in [-0.2, 0) is 26.1 Å². The van der Waals surface area contributed by atoms with Crippen molar-refractivity contribution in [2.75, 3.05) is 31.6 Å². The molecule has 0 spiro atoms. The highest BCUT2D eigenvalue weighted by Gasteiger charge is 2.27. The van der Waals surface area contributed by atoms with Crippen molar-refractivity contribution in [3.8, 4) is 0 Å². The van der Waals surface area contributed by atoms with Gasteiger partial charge in [0, 0.05) is 31.0 Å². The number of amides is 1. The van der Waals surface area contributed by atoms with Crippen LogP contribution in [0.5, 0.6) is 0 Å². The van der Waals surface area contributed by atoms with Gasteiger partial charge < -0.3 is 14.6 Å². The maximum atomic E-state index is 12.7. The van der Waals surface area contributed by atoms with E-state index in [1.165, 1.54) is 16.6 Å². The average molecular weight is 377 g/mol. The summed E-state index contributed by atoms with van der Waals surface area (Å²) in [7, 11) is -3.73. The van der Waals surface area contributed by atoms with E-state index >= 15 is 0 Å². The minimum atomic E-state index is -3.73. The topological polar surface area (TPSA) is 97.7 Å². The summed E-state index contributed by atoms with van der Waals surface area (Å²) in [6.45, 7) is 0.906. The van der Waals surface area contributed by atoms with Crippen molar-refractivity contribution in [2.45, 2.75) is 11.4 Å². The minimum absolute atomic E-state index is 0.0217. The molecule has 0 bridgehead atoms. The monoisotopic (exact) mass is 377 g/mol. The first kappa shape index (κ1) is 18.3. The summed E-state index contributed by atoms with van der Waals surface area (Å²) < 4.78 is 32.9. The molecule has 1 saturated heterocycles. The normalized spacial score (nSPS) is 15.5. The number of hydrogen-bond donors (Lipinski definition) is 1. The second-order valence-electron chi connectivity index (χ2n) is 5.76. The number of nitrogens with one attached hydrogen (secondary N) is 1. The third kappa shape index (κ3) is 4.18. The maximum Gasteiger partial charge on any atom is 0.251 e. The predicted octanol–water partition coefficient (Wildman–Crippen LogP) is 0.508. The maximum absolute atomic E-state index is 12.7. The second kappa shape index (κ2) is 7.81. The van der Waals surface area contributed by atoms with Crippen LogP contribution < -0.4 is 10.9 Å². The summed E-state index contributed by atoms with van der Waals surface area (Å²) >= 11 is 0. The molecule has 0 radical (unpaired) electrons. The summed E-state index contributed by atoms with van der Waals surface area (Å²) in [5, 5.41) is 2.66. The standard InChI is InChI=1S/C17H19N3O5S/c21-16(18-14-4-2-1-3-5-14)13-19-12-15(6-7-17(19)22)26(23,24)20-8-10-25-11-9-20/h1-7,12H,8-11,13H2,(H,18,21). The fourth-order valence-electron chi connectivity index (χ4n) is 2.60. The molecule has 26 heavy (non-hydrogen) atoms. The summed E-state index contributed by atoms with van der Waals surface area (Å²) in [5.41, 5.74) is 0.150. The van der Waals surface area contributed by atoms with E-state index in [0.29, 0.717) is 18.9 Å². The molecule has 138 valence electrons. The van der Waals surface area contributed by atoms with Gasteiger partial charge in [-0.3, -0.25) is 9.59 Å². The number of aromatic nitrogens is 1. The number of ether oxygens (including phenoxy) is 1. The van der Waals surface area contributed by atoms with E-state index in [1.54, 1.807) is 24.3 Å². The van der Waals surface area contributed by atoms with Gasteiger partial charge in [0.2, 0.25) is 15.9 Å². The zero-order valence-corrected chi connectivity index (χ0v) is 14.8. The Bertz CT molecular complexity index is 934. The molecule has 1 aromatic carbocycles. The lowest BCUT2D eigenvalue weighted by Crippen LogP contribution is -2.41. The molecule has 2 heterocycles. The molecule has 0 unspecified atom stereocenters. The predicted molar refractivity (Wildman–Crippen MR) is 95.4 cm³/mol. The van der Waals surface area contributed by atoms with Gasteiger partial charge in [0.25, 0.3) is 5.56 Å². The number of rotatable bonds is 5. The first-order valence-electron chi connectivity index (χ1n) is 8.10. The highest BCUT2D eigenvalue weighted by Crippen LogP contribution is 2.15. The number of para-hydroxylation sites is 1. The Morgan fingerprint density at radius 1 is 1.08 bits per heavy atom. The molecule has 1 aliphatic heterocycles. The Morgan fingerprint density at radius 3 is 2.46 bits per heavy atom. The molecule has 0 atom stereocenters. The van der Waals surface area contributed by atoms with E-state index in [2.05, 4.69) is 5.32 Å². The van der Waals surface area contributed by atoms with Gasteiger partial charge in [-0.1, -0.05) is 18.2 Å². The van der Waals surface area contributed by atoms with Crippen LogP contribution in [-0.4, -0.2) is 49.5 Å². The Labute approximate surface area is 151 Å². The molecule has 1 aliphatic rings. The van der Waals surface area contributed by atoms with Gasteiger partial charge in [0.1, 0.15) is 6.54 Å². The number of hydrogen-bond acceptors (Lipinski definition) is 5. The largest absolute Gasteiger partial charge is 0.379 e. The first-order valence-corrected chi connectivity index (χ1v) is 9.54. The van der Waals surface area contributed by atoms with Crippen molar-refractivity contribution >= 4 is 21.6 Å². The number of carbonyl (C=O) groups excluding carboxylic acids is 1. The zero-order valence-electron chi connectivity index (χ0n) is 14.0. The highest BCUT2D eigenvalue weighted by molar-refractivity contribution is 7.89. The van der Waals surface area contributed by atoms with Gasteiger partial charge >= 0.3 is 0 Å². The van der Waals surface area contributed by atoms with Gasteiger partial charge in [-0.2, -0.15) is 4.31 Å². The quantitative estimate of drug-likeness (QED) is 0.819. The molecule has 9 heteroatoms. The minimum Gasteiger partial charge on any atom is -0.379 e. The fraction of sp³-hybridized carbons (Fsp3) is 0.294. The third-order valence-corrected chi connectivity index (χ3v) is 5.82. The fourth-order valence-corrected chi connectivity index (χ4v) is 4.03. The molecule has 8 nitrogen and oxygen atoms in total. The average Bonchev–Trinajstić information content (AvgIpc) is 2.65. The third-order valence-electron chi connectivity index (χ3n) is 3.94. The molecular weight excluding hydrogens is 358 g/mol. The van der Waals surface area contributed by atoms with Crippen LogP contribution in [0.2, 0.25) is 0 Å². The SMILES string of the molecule is O=C(Cn1cc(S(=O)(=O)N2CCOCC2)ccc1=O)Nc1ccccc1. The van der Waals surface area contributed by atoms with Crippen molar-refractivity contribution in [3.63, 3.8) is 0 Å². The molecular formula is C17H19N3O5S. The molecule has 1 fully saturated rings. The lowest BCUT2D eigenvalue weighted by atomic mass is 10.3. The Hall–Kier alpha value is -2.49. The summed E-state index contributed by atoms with van der Waals surface area (Å²) in [6, 6.07) is 11.2. The van der Waals surface area contributed by atoms with Crippen molar-refractivity contribution < 1.29 is 17.9 Å². The van der Waals surface area contributed by atoms with E-state index in [1.807, 2.05) is 6.07 Å². The van der Waals surface area contributed by atoms with Gasteiger partial charge in [0.05, 0.1) is 18.1 Å². The van der Waals surface area contributed by atoms with Crippen molar-refractivity contribution in [3.05, 3.63) is 59.0 Å². The number of anilines is 1. The lowest BCUT2D eigenvalue weighted by molar-refractivity contribution is -0.116.